The number of halogens is 1. The van der Waals surface area contributed by atoms with Crippen molar-refractivity contribution in [3.05, 3.63) is 47.4 Å². The molecule has 3 aromatic rings. The van der Waals surface area contributed by atoms with Crippen molar-refractivity contribution in [1.82, 2.24) is 9.97 Å². The van der Waals surface area contributed by atoms with Crippen molar-refractivity contribution < 1.29 is 4.42 Å². The molecule has 4 heteroatoms. The summed E-state index contributed by atoms with van der Waals surface area (Å²) < 4.78 is 5.79. The summed E-state index contributed by atoms with van der Waals surface area (Å²) in [6.45, 7) is 2.02. The smallest absolute Gasteiger partial charge is 0.222 e. The largest absolute Gasteiger partial charge is 0.454 e. The van der Waals surface area contributed by atoms with Crippen molar-refractivity contribution in [2.24, 2.45) is 0 Å². The number of furan rings is 1. The van der Waals surface area contributed by atoms with E-state index in [4.69, 9.17) is 16.0 Å². The van der Waals surface area contributed by atoms with Crippen LogP contribution in [-0.2, 0) is 0 Å². The molecule has 84 valence electrons. The monoisotopic (exact) mass is 244 g/mol. The van der Waals surface area contributed by atoms with Gasteiger partial charge >= 0.3 is 0 Å². The predicted octanol–water partition coefficient (Wildman–Crippen LogP) is 3.85. The van der Waals surface area contributed by atoms with Crippen LogP contribution in [0.15, 0.2) is 40.9 Å². The summed E-state index contributed by atoms with van der Waals surface area (Å²) >= 11 is 5.76. The van der Waals surface area contributed by atoms with Crippen LogP contribution in [0.2, 0.25) is 5.28 Å². The Morgan fingerprint density at radius 3 is 2.88 bits per heavy atom. The van der Waals surface area contributed by atoms with Crippen LogP contribution in [0.4, 0.5) is 0 Å². The first-order valence-electron chi connectivity index (χ1n) is 5.22. The quantitative estimate of drug-likeness (QED) is 0.611. The topological polar surface area (TPSA) is 38.9 Å². The van der Waals surface area contributed by atoms with Crippen molar-refractivity contribution in [2.45, 2.75) is 6.92 Å². The molecule has 0 amide bonds. The fourth-order valence-electron chi connectivity index (χ4n) is 1.81. The first-order valence-corrected chi connectivity index (χ1v) is 5.60. The SMILES string of the molecule is Cc1cccc2cc(-c3ccnc(Cl)n3)oc12. The van der Waals surface area contributed by atoms with E-state index in [0.29, 0.717) is 11.5 Å². The molecule has 2 heterocycles. The van der Waals surface area contributed by atoms with Gasteiger partial charge in [-0.3, -0.25) is 0 Å². The van der Waals surface area contributed by atoms with Crippen LogP contribution in [0.1, 0.15) is 5.56 Å². The highest BCUT2D eigenvalue weighted by Gasteiger charge is 2.09. The second kappa shape index (κ2) is 3.86. The highest BCUT2D eigenvalue weighted by atomic mass is 35.5. The summed E-state index contributed by atoms with van der Waals surface area (Å²) in [7, 11) is 0. The zero-order valence-electron chi connectivity index (χ0n) is 9.14. The molecule has 0 bridgehead atoms. The third-order valence-electron chi connectivity index (χ3n) is 2.62. The van der Waals surface area contributed by atoms with E-state index in [9.17, 15) is 0 Å². The van der Waals surface area contributed by atoms with Crippen LogP contribution < -0.4 is 0 Å². The van der Waals surface area contributed by atoms with Crippen molar-refractivity contribution in [1.29, 1.82) is 0 Å². The van der Waals surface area contributed by atoms with Gasteiger partial charge in [0.05, 0.1) is 0 Å². The lowest BCUT2D eigenvalue weighted by molar-refractivity contribution is 0.626. The number of aryl methyl sites for hydroxylation is 1. The Balaban J connectivity index is 2.22. The lowest BCUT2D eigenvalue weighted by Crippen LogP contribution is -1.83. The molecule has 0 unspecified atom stereocenters. The lowest BCUT2D eigenvalue weighted by atomic mass is 10.2. The van der Waals surface area contributed by atoms with E-state index in [0.717, 1.165) is 16.5 Å². The Morgan fingerprint density at radius 1 is 1.24 bits per heavy atom. The van der Waals surface area contributed by atoms with E-state index in [-0.39, 0.29) is 5.28 Å². The number of rotatable bonds is 1. The van der Waals surface area contributed by atoms with Gasteiger partial charge in [0.1, 0.15) is 11.3 Å². The molecule has 0 aliphatic rings. The minimum atomic E-state index is 0.222. The maximum Gasteiger partial charge on any atom is 0.222 e. The molecule has 0 fully saturated rings. The molecule has 0 N–H and O–H groups in total. The molecular weight excluding hydrogens is 236 g/mol. The Hall–Kier alpha value is -1.87. The van der Waals surface area contributed by atoms with Crippen LogP contribution in [0.3, 0.4) is 0 Å². The fourth-order valence-corrected chi connectivity index (χ4v) is 1.95. The van der Waals surface area contributed by atoms with Crippen molar-refractivity contribution >= 4 is 22.6 Å². The van der Waals surface area contributed by atoms with Gasteiger partial charge in [0, 0.05) is 11.6 Å². The van der Waals surface area contributed by atoms with Crippen LogP contribution in [-0.4, -0.2) is 9.97 Å². The molecule has 1 aromatic carbocycles. The highest BCUT2D eigenvalue weighted by Crippen LogP contribution is 2.28. The standard InChI is InChI=1S/C13H9ClN2O/c1-8-3-2-4-9-7-11(17-12(8)9)10-5-6-15-13(14)16-10/h2-7H,1H3. The second-order valence-electron chi connectivity index (χ2n) is 3.81. The summed E-state index contributed by atoms with van der Waals surface area (Å²) in [6, 6.07) is 9.77. The molecular formula is C13H9ClN2O. The van der Waals surface area contributed by atoms with E-state index >= 15 is 0 Å². The van der Waals surface area contributed by atoms with Gasteiger partial charge in [0.15, 0.2) is 5.76 Å². The summed E-state index contributed by atoms with van der Waals surface area (Å²) in [6.07, 6.45) is 1.62. The number of benzene rings is 1. The average molecular weight is 245 g/mol. The fraction of sp³-hybridized carbons (Fsp3) is 0.0769. The number of fused-ring (bicyclic) bond motifs is 1. The summed E-state index contributed by atoms with van der Waals surface area (Å²) in [4.78, 5) is 7.98. The van der Waals surface area contributed by atoms with E-state index in [1.807, 2.05) is 31.2 Å². The number of hydrogen-bond acceptors (Lipinski definition) is 3. The molecule has 0 aliphatic heterocycles. The lowest BCUT2D eigenvalue weighted by Gasteiger charge is -1.95. The molecule has 0 radical (unpaired) electrons. The molecule has 0 aliphatic carbocycles. The second-order valence-corrected chi connectivity index (χ2v) is 4.15. The Kier molecular flexibility index (Phi) is 2.34. The first-order chi connectivity index (χ1) is 8.24. The Bertz CT molecular complexity index is 691. The summed E-state index contributed by atoms with van der Waals surface area (Å²) in [5.41, 5.74) is 2.69. The van der Waals surface area contributed by atoms with Gasteiger partial charge in [-0.05, 0) is 36.2 Å². The van der Waals surface area contributed by atoms with Gasteiger partial charge in [-0.2, -0.15) is 0 Å². The van der Waals surface area contributed by atoms with E-state index in [1.165, 1.54) is 0 Å². The zero-order valence-corrected chi connectivity index (χ0v) is 9.90. The minimum Gasteiger partial charge on any atom is -0.454 e. The maximum absolute atomic E-state index is 5.79. The molecule has 0 saturated carbocycles. The van der Waals surface area contributed by atoms with E-state index in [2.05, 4.69) is 9.97 Å². The van der Waals surface area contributed by atoms with Gasteiger partial charge in [0.2, 0.25) is 5.28 Å². The first kappa shape index (κ1) is 10.3. The molecule has 0 saturated heterocycles. The summed E-state index contributed by atoms with van der Waals surface area (Å²) in [5, 5.41) is 1.29. The van der Waals surface area contributed by atoms with Gasteiger partial charge in [-0.25, -0.2) is 9.97 Å². The zero-order chi connectivity index (χ0) is 11.8. The Morgan fingerprint density at radius 2 is 2.12 bits per heavy atom. The molecule has 17 heavy (non-hydrogen) atoms. The van der Waals surface area contributed by atoms with Crippen molar-refractivity contribution in [2.75, 3.05) is 0 Å². The van der Waals surface area contributed by atoms with Crippen LogP contribution in [0.5, 0.6) is 0 Å². The molecule has 3 rings (SSSR count). The van der Waals surface area contributed by atoms with Gasteiger partial charge in [0.25, 0.3) is 0 Å². The third-order valence-corrected chi connectivity index (χ3v) is 2.80. The number of nitrogens with zero attached hydrogens (tertiary/aromatic N) is 2. The minimum absolute atomic E-state index is 0.222. The normalized spacial score (nSPS) is 10.9. The van der Waals surface area contributed by atoms with Crippen LogP contribution in [0, 0.1) is 6.92 Å². The van der Waals surface area contributed by atoms with Crippen LogP contribution in [0.25, 0.3) is 22.4 Å². The van der Waals surface area contributed by atoms with E-state index in [1.54, 1.807) is 12.3 Å². The van der Waals surface area contributed by atoms with Crippen molar-refractivity contribution in [3.8, 4) is 11.5 Å². The Labute approximate surface area is 103 Å². The maximum atomic E-state index is 5.79. The number of aromatic nitrogens is 2. The average Bonchev–Trinajstić information content (AvgIpc) is 2.74. The molecule has 2 aromatic heterocycles. The molecule has 0 atom stereocenters. The van der Waals surface area contributed by atoms with Crippen LogP contribution >= 0.6 is 11.6 Å². The highest BCUT2D eigenvalue weighted by molar-refractivity contribution is 6.28. The number of para-hydroxylation sites is 1. The predicted molar refractivity (Wildman–Crippen MR) is 67.0 cm³/mol. The third kappa shape index (κ3) is 1.78. The van der Waals surface area contributed by atoms with Gasteiger partial charge < -0.3 is 4.42 Å². The van der Waals surface area contributed by atoms with Crippen molar-refractivity contribution in [3.63, 3.8) is 0 Å². The number of hydrogen-bond donors (Lipinski definition) is 0. The molecule has 3 nitrogen and oxygen atoms in total. The van der Waals surface area contributed by atoms with Gasteiger partial charge in [-0.1, -0.05) is 18.2 Å². The van der Waals surface area contributed by atoms with Gasteiger partial charge in [-0.15, -0.1) is 0 Å². The van der Waals surface area contributed by atoms with E-state index < -0.39 is 0 Å². The summed E-state index contributed by atoms with van der Waals surface area (Å²) in [5.74, 6) is 0.707. The molecule has 0 spiro atoms.